The Morgan fingerprint density at radius 1 is 1.00 bits per heavy atom. The first-order chi connectivity index (χ1) is 12.0. The number of aromatic nitrogens is 2. The first-order valence-electron chi connectivity index (χ1n) is 8.59. The maximum Gasteiger partial charge on any atom is 0.0774 e. The van der Waals surface area contributed by atoms with Crippen LogP contribution in [0.1, 0.15) is 9.68 Å². The standard InChI is InChI=1S/C20H15N2.Ir/c1-15-12-13-18-19(14-15)22(17-10-6-3-7-11-17)20(21-18)16-8-4-2-5-9-16;/h2-8,10-14H,1H3;/q-1;/i1D3;. The van der Waals surface area contributed by atoms with Crippen LogP contribution in [-0.2, 0) is 20.1 Å². The van der Waals surface area contributed by atoms with Gasteiger partial charge in [-0.15, -0.1) is 35.9 Å². The van der Waals surface area contributed by atoms with Crippen molar-refractivity contribution in [1.29, 1.82) is 0 Å². The summed E-state index contributed by atoms with van der Waals surface area (Å²) in [6.07, 6.45) is 0. The Morgan fingerprint density at radius 3 is 2.57 bits per heavy atom. The second-order valence-electron chi connectivity index (χ2n) is 5.09. The molecule has 1 aromatic heterocycles. The van der Waals surface area contributed by atoms with Crippen LogP contribution < -0.4 is 0 Å². The summed E-state index contributed by atoms with van der Waals surface area (Å²) in [6, 6.07) is 25.8. The van der Waals surface area contributed by atoms with Crippen LogP contribution >= 0.6 is 0 Å². The van der Waals surface area contributed by atoms with Crippen molar-refractivity contribution in [3.05, 3.63) is 84.4 Å². The van der Waals surface area contributed by atoms with Crippen LogP contribution in [0.4, 0.5) is 0 Å². The van der Waals surface area contributed by atoms with Crippen LogP contribution in [0.15, 0.2) is 72.8 Å². The van der Waals surface area contributed by atoms with Gasteiger partial charge in [0.1, 0.15) is 0 Å². The minimum Gasteiger partial charge on any atom is -0.333 e. The van der Waals surface area contributed by atoms with Gasteiger partial charge in [0, 0.05) is 29.9 Å². The van der Waals surface area contributed by atoms with Gasteiger partial charge in [0.05, 0.1) is 16.9 Å². The van der Waals surface area contributed by atoms with Crippen LogP contribution in [-0.4, -0.2) is 9.55 Å². The number of imidazole rings is 1. The van der Waals surface area contributed by atoms with Gasteiger partial charge in [-0.1, -0.05) is 24.3 Å². The van der Waals surface area contributed by atoms with Crippen molar-refractivity contribution in [2.75, 3.05) is 0 Å². The predicted molar refractivity (Wildman–Crippen MR) is 90.1 cm³/mol. The summed E-state index contributed by atoms with van der Waals surface area (Å²) in [6.45, 7) is -2.15. The number of rotatable bonds is 2. The molecule has 4 rings (SSSR count). The van der Waals surface area contributed by atoms with Crippen LogP contribution in [0, 0.1) is 12.9 Å². The number of hydrogen-bond donors (Lipinski definition) is 0. The maximum absolute atomic E-state index is 7.69. The third-order valence-electron chi connectivity index (χ3n) is 3.62. The third-order valence-corrected chi connectivity index (χ3v) is 3.62. The van der Waals surface area contributed by atoms with E-state index in [0.717, 1.165) is 28.1 Å². The normalized spacial score (nSPS) is 13.0. The molecular weight excluding hydrogens is 460 g/mol. The first-order valence-corrected chi connectivity index (χ1v) is 7.09. The molecule has 0 aliphatic carbocycles. The van der Waals surface area contributed by atoms with E-state index < -0.39 is 6.85 Å². The summed E-state index contributed by atoms with van der Waals surface area (Å²) in [5.41, 5.74) is 3.62. The summed E-state index contributed by atoms with van der Waals surface area (Å²) >= 11 is 0. The molecule has 0 bridgehead atoms. The second kappa shape index (κ2) is 6.49. The van der Waals surface area contributed by atoms with E-state index in [1.165, 1.54) is 0 Å². The van der Waals surface area contributed by atoms with Gasteiger partial charge in [-0.05, 0) is 36.7 Å². The van der Waals surface area contributed by atoms with E-state index in [2.05, 4.69) is 6.07 Å². The van der Waals surface area contributed by atoms with E-state index in [-0.39, 0.29) is 20.1 Å². The summed E-state index contributed by atoms with van der Waals surface area (Å²) in [5, 5.41) is 0. The van der Waals surface area contributed by atoms with Crippen molar-refractivity contribution >= 4 is 11.0 Å². The third kappa shape index (κ3) is 2.86. The Balaban J connectivity index is 0.00000196. The Bertz CT molecular complexity index is 1030. The summed E-state index contributed by atoms with van der Waals surface area (Å²) in [4.78, 5) is 4.73. The number of benzene rings is 3. The van der Waals surface area contributed by atoms with Gasteiger partial charge in [0.2, 0.25) is 0 Å². The van der Waals surface area contributed by atoms with Crippen LogP contribution in [0.5, 0.6) is 0 Å². The molecule has 115 valence electrons. The average molecular weight is 479 g/mol. The van der Waals surface area contributed by atoms with Crippen LogP contribution in [0.3, 0.4) is 0 Å². The number of aryl methyl sites for hydroxylation is 1. The van der Waals surface area contributed by atoms with Crippen molar-refractivity contribution in [1.82, 2.24) is 9.55 Å². The predicted octanol–water partition coefficient (Wildman–Crippen LogP) is 4.80. The monoisotopic (exact) mass is 479 g/mol. The number of hydrogen-bond acceptors (Lipinski definition) is 1. The molecular formula is C20H15IrN2-. The first kappa shape index (κ1) is 12.2. The summed E-state index contributed by atoms with van der Waals surface area (Å²) in [5.74, 6) is 0.740. The van der Waals surface area contributed by atoms with E-state index in [1.54, 1.807) is 18.2 Å². The number of fused-ring (bicyclic) bond motifs is 1. The summed E-state index contributed by atoms with van der Waals surface area (Å²) in [7, 11) is 0. The molecule has 0 N–H and O–H groups in total. The van der Waals surface area contributed by atoms with Gasteiger partial charge in [-0.3, -0.25) is 4.98 Å². The van der Waals surface area contributed by atoms with Crippen molar-refractivity contribution in [3.8, 4) is 17.1 Å². The van der Waals surface area contributed by atoms with Gasteiger partial charge < -0.3 is 4.57 Å². The SMILES string of the molecule is [2H]C([2H])([2H])c1ccc2nc(-c3[c-]cccc3)n(-c3ccccc3)c2c1.[Ir]. The van der Waals surface area contributed by atoms with Crippen molar-refractivity contribution in [2.24, 2.45) is 0 Å². The topological polar surface area (TPSA) is 17.8 Å². The molecule has 2 nitrogen and oxygen atoms in total. The molecule has 0 aliphatic heterocycles. The van der Waals surface area contributed by atoms with Crippen molar-refractivity contribution in [3.63, 3.8) is 0 Å². The molecule has 0 amide bonds. The Labute approximate surface area is 153 Å². The molecule has 0 atom stereocenters. The fraction of sp³-hybridized carbons (Fsp3) is 0.0500. The van der Waals surface area contributed by atoms with Gasteiger partial charge in [-0.25, -0.2) is 0 Å². The van der Waals surface area contributed by atoms with Gasteiger partial charge in [0.15, 0.2) is 0 Å². The molecule has 23 heavy (non-hydrogen) atoms. The molecule has 3 aromatic carbocycles. The number of nitrogens with zero attached hydrogens (tertiary/aromatic N) is 2. The zero-order chi connectivity index (χ0) is 17.4. The smallest absolute Gasteiger partial charge is 0.0774 e. The van der Waals surface area contributed by atoms with Crippen molar-refractivity contribution < 1.29 is 24.2 Å². The minimum atomic E-state index is -2.15. The maximum atomic E-state index is 7.69. The van der Waals surface area contributed by atoms with E-state index in [4.69, 9.17) is 9.10 Å². The average Bonchev–Trinajstić information content (AvgIpc) is 3.01. The quantitative estimate of drug-likeness (QED) is 0.379. The van der Waals surface area contributed by atoms with Crippen LogP contribution in [0.2, 0.25) is 0 Å². The minimum absolute atomic E-state index is 0. The zero-order valence-electron chi connectivity index (χ0n) is 15.2. The van der Waals surface area contributed by atoms with Gasteiger partial charge in [-0.2, -0.15) is 0 Å². The molecule has 0 saturated heterocycles. The molecule has 4 aromatic rings. The Kier molecular flexibility index (Phi) is 3.45. The molecule has 0 saturated carbocycles. The largest absolute Gasteiger partial charge is 0.333 e. The van der Waals surface area contributed by atoms with Gasteiger partial charge in [0.25, 0.3) is 0 Å². The number of para-hydroxylation sites is 1. The Hall–Kier alpha value is -2.22. The fourth-order valence-corrected chi connectivity index (χ4v) is 2.63. The zero-order valence-corrected chi connectivity index (χ0v) is 14.6. The molecule has 0 aliphatic rings. The van der Waals surface area contributed by atoms with E-state index in [9.17, 15) is 0 Å². The molecule has 1 heterocycles. The van der Waals surface area contributed by atoms with Gasteiger partial charge >= 0.3 is 0 Å². The molecule has 0 unspecified atom stereocenters. The second-order valence-corrected chi connectivity index (χ2v) is 5.09. The molecule has 1 radical (unpaired) electrons. The van der Waals surface area contributed by atoms with E-state index in [0.29, 0.717) is 5.56 Å². The van der Waals surface area contributed by atoms with E-state index >= 15 is 0 Å². The summed E-state index contributed by atoms with van der Waals surface area (Å²) < 4.78 is 25.1. The van der Waals surface area contributed by atoms with E-state index in [1.807, 2.05) is 59.2 Å². The van der Waals surface area contributed by atoms with Crippen LogP contribution in [0.25, 0.3) is 28.1 Å². The molecule has 0 fully saturated rings. The van der Waals surface area contributed by atoms with Crippen molar-refractivity contribution in [2.45, 2.75) is 6.85 Å². The molecule has 0 spiro atoms. The fourth-order valence-electron chi connectivity index (χ4n) is 2.63. The Morgan fingerprint density at radius 2 is 1.83 bits per heavy atom. The molecule has 3 heteroatoms.